The van der Waals surface area contributed by atoms with Crippen LogP contribution in [-0.4, -0.2) is 30.4 Å². The lowest BCUT2D eigenvalue weighted by Crippen LogP contribution is -2.39. The Bertz CT molecular complexity index is 1390. The molecule has 0 saturated heterocycles. The van der Waals surface area contributed by atoms with Crippen LogP contribution in [0.15, 0.2) is 119 Å². The van der Waals surface area contributed by atoms with Gasteiger partial charge in [-0.15, -0.1) is 0 Å². The Labute approximate surface area is 284 Å². The van der Waals surface area contributed by atoms with E-state index in [1.807, 2.05) is 68.5 Å². The van der Waals surface area contributed by atoms with E-state index < -0.39 is 12.1 Å². The first-order chi connectivity index (χ1) is 22.3. The van der Waals surface area contributed by atoms with Gasteiger partial charge in [-0.1, -0.05) is 141 Å². The van der Waals surface area contributed by atoms with Crippen LogP contribution in [-0.2, 0) is 23.9 Å². The molecule has 0 aromatic carbocycles. The fraction of sp³-hybridized carbons (Fsp3) is 0.452. The molecule has 1 atom stereocenters. The number of rotatable bonds is 15. The van der Waals surface area contributed by atoms with Crippen molar-refractivity contribution in [3.8, 4) is 0 Å². The normalized spacial score (nSPS) is 20.7. The number of hydrogen-bond acceptors (Lipinski definition) is 5. The van der Waals surface area contributed by atoms with Crippen LogP contribution in [0.2, 0.25) is 0 Å². The summed E-state index contributed by atoms with van der Waals surface area (Å²) in [6.07, 6.45) is 31.4. The first-order valence-electron chi connectivity index (χ1n) is 17.0. The van der Waals surface area contributed by atoms with Crippen LogP contribution in [0, 0.1) is 11.3 Å². The Morgan fingerprint density at radius 2 is 1.32 bits per heavy atom. The molecular weight excluding hydrogens is 584 g/mol. The van der Waals surface area contributed by atoms with E-state index in [9.17, 15) is 14.4 Å². The SMILES string of the molecule is C=C/C(C)=C/C=C/C(C)=C/C=C/C=C(C)/C=C/C=C(C)/C=C/C1=C(C)C(=O)C(OC(=O)CCC(=O)OCC2CCCCC2)CC1(C)C. The number of Topliss-reactive ketones (excluding diaryl/α,β-unsaturated/α-hetero) is 1. The maximum Gasteiger partial charge on any atom is 0.307 e. The minimum Gasteiger partial charge on any atom is -0.465 e. The number of carbonyl (C=O) groups is 3. The molecule has 0 bridgehead atoms. The lowest BCUT2D eigenvalue weighted by molar-refractivity contribution is -0.158. The second kappa shape index (κ2) is 20.3. The topological polar surface area (TPSA) is 69.7 Å². The summed E-state index contributed by atoms with van der Waals surface area (Å²) in [4.78, 5) is 37.9. The average Bonchev–Trinajstić information content (AvgIpc) is 3.03. The first kappa shape index (κ1) is 39.2. The smallest absolute Gasteiger partial charge is 0.307 e. The summed E-state index contributed by atoms with van der Waals surface area (Å²) in [6, 6.07) is 0. The van der Waals surface area contributed by atoms with Gasteiger partial charge in [0.2, 0.25) is 0 Å². The van der Waals surface area contributed by atoms with Gasteiger partial charge >= 0.3 is 11.9 Å². The fourth-order valence-electron chi connectivity index (χ4n) is 5.62. The maximum atomic E-state index is 13.2. The Morgan fingerprint density at radius 3 is 1.91 bits per heavy atom. The molecule has 0 aliphatic heterocycles. The van der Waals surface area contributed by atoms with E-state index in [0.717, 1.165) is 40.7 Å². The predicted molar refractivity (Wildman–Crippen MR) is 195 cm³/mol. The summed E-state index contributed by atoms with van der Waals surface area (Å²) >= 11 is 0. The van der Waals surface area contributed by atoms with E-state index in [4.69, 9.17) is 9.47 Å². The zero-order chi connectivity index (χ0) is 34.8. The predicted octanol–water partition coefficient (Wildman–Crippen LogP) is 10.3. The summed E-state index contributed by atoms with van der Waals surface area (Å²) < 4.78 is 11.0. The van der Waals surface area contributed by atoms with Crippen molar-refractivity contribution in [1.29, 1.82) is 0 Å². The van der Waals surface area contributed by atoms with Crippen LogP contribution in [0.5, 0.6) is 0 Å². The van der Waals surface area contributed by atoms with Gasteiger partial charge in [0.25, 0.3) is 0 Å². The molecule has 5 nitrogen and oxygen atoms in total. The third kappa shape index (κ3) is 15.0. The van der Waals surface area contributed by atoms with Crippen LogP contribution in [0.4, 0.5) is 0 Å². The van der Waals surface area contributed by atoms with Gasteiger partial charge in [-0.3, -0.25) is 14.4 Å². The minimum absolute atomic E-state index is 0.0332. The highest BCUT2D eigenvalue weighted by molar-refractivity contribution is 6.01. The standard InChI is InChI=1S/C42H56O5/c1-9-31(2)19-15-20-32(3)17-13-14-18-33(4)21-16-22-34(5)25-26-37-35(6)41(45)38(29-42(37,7)8)47-40(44)28-27-39(43)46-30-36-23-11-10-12-24-36/h9,13-22,25-26,36,38H,1,10-12,23-24,27-30H2,2-8H3/b14-13+,20-15+,21-16+,26-25+,31-19+,32-17+,33-18+,34-22+. The van der Waals surface area contributed by atoms with Crippen molar-refractivity contribution in [3.05, 3.63) is 119 Å². The molecule has 47 heavy (non-hydrogen) atoms. The zero-order valence-corrected chi connectivity index (χ0v) is 29.8. The van der Waals surface area contributed by atoms with E-state index in [1.54, 1.807) is 6.92 Å². The van der Waals surface area contributed by atoms with Gasteiger partial charge in [-0.25, -0.2) is 0 Å². The van der Waals surface area contributed by atoms with E-state index in [-0.39, 0.29) is 30.0 Å². The van der Waals surface area contributed by atoms with Crippen molar-refractivity contribution >= 4 is 17.7 Å². The highest BCUT2D eigenvalue weighted by Crippen LogP contribution is 2.41. The number of ether oxygens (including phenoxy) is 2. The Balaban J connectivity index is 1.90. The van der Waals surface area contributed by atoms with Crippen LogP contribution in [0.3, 0.4) is 0 Å². The van der Waals surface area contributed by atoms with E-state index in [0.29, 0.717) is 24.5 Å². The molecule has 0 N–H and O–H groups in total. The Kier molecular flexibility index (Phi) is 16.9. The Morgan fingerprint density at radius 1 is 0.787 bits per heavy atom. The van der Waals surface area contributed by atoms with Gasteiger partial charge in [-0.2, -0.15) is 0 Å². The van der Waals surface area contributed by atoms with Gasteiger partial charge in [0.15, 0.2) is 11.9 Å². The number of hydrogen-bond donors (Lipinski definition) is 0. The molecule has 0 aromatic heterocycles. The second-order valence-electron chi connectivity index (χ2n) is 13.4. The molecule has 1 saturated carbocycles. The lowest BCUT2D eigenvalue weighted by atomic mass is 9.71. The molecule has 0 heterocycles. The summed E-state index contributed by atoms with van der Waals surface area (Å²) in [5.41, 5.74) is 5.61. The molecule has 5 heteroatoms. The molecule has 2 aliphatic carbocycles. The van der Waals surface area contributed by atoms with E-state index >= 15 is 0 Å². The number of carbonyl (C=O) groups excluding carboxylic acids is 3. The lowest BCUT2D eigenvalue weighted by Gasteiger charge is -2.36. The highest BCUT2D eigenvalue weighted by Gasteiger charge is 2.39. The van der Waals surface area contributed by atoms with Crippen molar-refractivity contribution in [2.24, 2.45) is 11.3 Å². The maximum absolute atomic E-state index is 13.2. The number of allylic oxidation sites excluding steroid dienone is 18. The summed E-state index contributed by atoms with van der Waals surface area (Å²) in [7, 11) is 0. The number of esters is 2. The fourth-order valence-corrected chi connectivity index (χ4v) is 5.62. The molecule has 2 aliphatic rings. The van der Waals surface area contributed by atoms with Gasteiger partial charge in [0.1, 0.15) is 0 Å². The Hall–Kier alpha value is -3.99. The molecular formula is C42H56O5. The molecule has 1 fully saturated rings. The zero-order valence-electron chi connectivity index (χ0n) is 29.8. The molecule has 254 valence electrons. The summed E-state index contributed by atoms with van der Waals surface area (Å²) in [5.74, 6) is -0.691. The molecule has 0 aromatic rings. The quantitative estimate of drug-likeness (QED) is 0.132. The van der Waals surface area contributed by atoms with Crippen molar-refractivity contribution in [2.45, 2.75) is 106 Å². The largest absolute Gasteiger partial charge is 0.465 e. The third-order valence-electron chi connectivity index (χ3n) is 8.60. The number of ketones is 1. The van der Waals surface area contributed by atoms with Gasteiger partial charge in [-0.05, 0) is 69.9 Å². The van der Waals surface area contributed by atoms with Crippen molar-refractivity contribution in [2.75, 3.05) is 6.61 Å². The van der Waals surface area contributed by atoms with Gasteiger partial charge in [0, 0.05) is 6.42 Å². The summed E-state index contributed by atoms with van der Waals surface area (Å²) in [5, 5.41) is 0. The molecule has 0 amide bonds. The molecule has 1 unspecified atom stereocenters. The highest BCUT2D eigenvalue weighted by atomic mass is 16.5. The minimum atomic E-state index is -0.851. The molecule has 0 radical (unpaired) electrons. The van der Waals surface area contributed by atoms with Crippen LogP contribution >= 0.6 is 0 Å². The van der Waals surface area contributed by atoms with Crippen LogP contribution in [0.1, 0.15) is 99.8 Å². The first-order valence-corrected chi connectivity index (χ1v) is 17.0. The average molecular weight is 641 g/mol. The van der Waals surface area contributed by atoms with Crippen molar-refractivity contribution in [1.82, 2.24) is 0 Å². The monoisotopic (exact) mass is 640 g/mol. The van der Waals surface area contributed by atoms with Crippen molar-refractivity contribution in [3.63, 3.8) is 0 Å². The van der Waals surface area contributed by atoms with Gasteiger partial charge < -0.3 is 9.47 Å². The second-order valence-corrected chi connectivity index (χ2v) is 13.4. The van der Waals surface area contributed by atoms with E-state index in [1.165, 1.54) is 19.3 Å². The molecule has 0 spiro atoms. The van der Waals surface area contributed by atoms with Crippen molar-refractivity contribution < 1.29 is 23.9 Å². The van der Waals surface area contributed by atoms with Crippen LogP contribution in [0.25, 0.3) is 0 Å². The third-order valence-corrected chi connectivity index (χ3v) is 8.60. The molecule has 2 rings (SSSR count). The van der Waals surface area contributed by atoms with Gasteiger partial charge in [0.05, 0.1) is 19.4 Å². The summed E-state index contributed by atoms with van der Waals surface area (Å²) in [6.45, 7) is 18.2. The van der Waals surface area contributed by atoms with E-state index in [2.05, 4.69) is 58.6 Å². The van der Waals surface area contributed by atoms with Crippen LogP contribution < -0.4 is 0 Å².